The molecule has 0 saturated heterocycles. The lowest BCUT2D eigenvalue weighted by Crippen LogP contribution is -2.13. The van der Waals surface area contributed by atoms with Crippen molar-refractivity contribution in [2.75, 3.05) is 4.72 Å². The molecule has 0 aliphatic carbocycles. The van der Waals surface area contributed by atoms with Crippen molar-refractivity contribution < 1.29 is 13.2 Å². The first-order valence-corrected chi connectivity index (χ1v) is 10.7. The average Bonchev–Trinajstić information content (AvgIpc) is 3.16. The molecule has 4 aromatic rings. The third-order valence-electron chi connectivity index (χ3n) is 4.15. The first kappa shape index (κ1) is 19.9. The van der Waals surface area contributed by atoms with Crippen LogP contribution in [0.1, 0.15) is 5.82 Å². The minimum Gasteiger partial charge on any atom is -0.438 e. The number of imidazole rings is 1. The SMILES string of the molecule is Cc1nccn1-c1ccc(Oc2ccc(NS(=O)(=O)c3ccccc3Cl)cc2)nn1. The number of nitrogens with zero attached hydrogens (tertiary/aromatic N) is 4. The molecule has 1 N–H and O–H groups in total. The Labute approximate surface area is 178 Å². The molecule has 0 spiro atoms. The van der Waals surface area contributed by atoms with Crippen molar-refractivity contribution in [1.82, 2.24) is 19.7 Å². The van der Waals surface area contributed by atoms with Crippen molar-refractivity contribution in [2.45, 2.75) is 11.8 Å². The number of aryl methyl sites for hydroxylation is 1. The van der Waals surface area contributed by atoms with Gasteiger partial charge in [-0.25, -0.2) is 13.4 Å². The van der Waals surface area contributed by atoms with E-state index in [1.54, 1.807) is 65.5 Å². The number of anilines is 1. The first-order chi connectivity index (χ1) is 14.4. The van der Waals surface area contributed by atoms with Gasteiger partial charge in [-0.3, -0.25) is 9.29 Å². The van der Waals surface area contributed by atoms with Crippen LogP contribution >= 0.6 is 11.6 Å². The van der Waals surface area contributed by atoms with Crippen molar-refractivity contribution in [1.29, 1.82) is 0 Å². The molecule has 30 heavy (non-hydrogen) atoms. The third-order valence-corrected chi connectivity index (χ3v) is 6.03. The van der Waals surface area contributed by atoms with Crippen LogP contribution in [0.15, 0.2) is 78.0 Å². The summed E-state index contributed by atoms with van der Waals surface area (Å²) in [6.45, 7) is 1.87. The van der Waals surface area contributed by atoms with E-state index < -0.39 is 10.0 Å². The number of sulfonamides is 1. The molecule has 8 nitrogen and oxygen atoms in total. The van der Waals surface area contributed by atoms with Crippen molar-refractivity contribution in [2.24, 2.45) is 0 Å². The van der Waals surface area contributed by atoms with E-state index in [1.165, 1.54) is 12.1 Å². The average molecular weight is 442 g/mol. The van der Waals surface area contributed by atoms with Crippen LogP contribution in [0.4, 0.5) is 5.69 Å². The Balaban J connectivity index is 1.45. The standard InChI is InChI=1S/C20H16ClN5O3S/c1-14-22-12-13-26(14)19-10-11-20(24-23-19)29-16-8-6-15(7-9-16)25-30(27,28)18-5-3-2-4-17(18)21/h2-13,25H,1H3. The Kier molecular flexibility index (Phi) is 5.39. The summed E-state index contributed by atoms with van der Waals surface area (Å²) >= 11 is 5.99. The predicted octanol–water partition coefficient (Wildman–Crippen LogP) is 4.22. The third kappa shape index (κ3) is 4.27. The Morgan fingerprint density at radius 2 is 1.77 bits per heavy atom. The topological polar surface area (TPSA) is 99.0 Å². The number of hydrogen-bond acceptors (Lipinski definition) is 6. The fourth-order valence-corrected chi connectivity index (χ4v) is 4.28. The van der Waals surface area contributed by atoms with Crippen LogP contribution in [0.2, 0.25) is 5.02 Å². The summed E-state index contributed by atoms with van der Waals surface area (Å²) in [5.74, 6) is 2.21. The molecule has 2 aromatic heterocycles. The van der Waals surface area contributed by atoms with Gasteiger partial charge in [-0.05, 0) is 49.4 Å². The zero-order chi connectivity index (χ0) is 21.1. The van der Waals surface area contributed by atoms with Crippen molar-refractivity contribution in [3.63, 3.8) is 0 Å². The number of aromatic nitrogens is 4. The molecule has 0 radical (unpaired) electrons. The van der Waals surface area contributed by atoms with Gasteiger partial charge in [0, 0.05) is 24.1 Å². The maximum Gasteiger partial charge on any atom is 0.263 e. The van der Waals surface area contributed by atoms with Gasteiger partial charge in [0.2, 0.25) is 5.88 Å². The van der Waals surface area contributed by atoms with Gasteiger partial charge >= 0.3 is 0 Å². The summed E-state index contributed by atoms with van der Waals surface area (Å²) in [5.41, 5.74) is 0.374. The molecular formula is C20H16ClN5O3S. The van der Waals surface area contributed by atoms with Gasteiger partial charge in [-0.2, -0.15) is 0 Å². The Morgan fingerprint density at radius 3 is 2.40 bits per heavy atom. The molecule has 2 aromatic carbocycles. The van der Waals surface area contributed by atoms with E-state index in [4.69, 9.17) is 16.3 Å². The van der Waals surface area contributed by atoms with E-state index in [0.717, 1.165) is 5.82 Å². The first-order valence-electron chi connectivity index (χ1n) is 8.82. The minimum absolute atomic E-state index is 0.00971. The molecule has 0 unspecified atom stereocenters. The van der Waals surface area contributed by atoms with Gasteiger partial charge in [0.25, 0.3) is 10.0 Å². The van der Waals surface area contributed by atoms with Crippen LogP contribution in [0.3, 0.4) is 0 Å². The number of halogens is 1. The number of benzene rings is 2. The predicted molar refractivity (Wildman–Crippen MR) is 113 cm³/mol. The Bertz CT molecular complexity index is 1270. The molecule has 0 amide bonds. The lowest BCUT2D eigenvalue weighted by atomic mass is 10.3. The number of ether oxygens (including phenoxy) is 1. The van der Waals surface area contributed by atoms with E-state index in [2.05, 4.69) is 19.9 Å². The molecule has 0 aliphatic heterocycles. The molecule has 0 saturated carbocycles. The summed E-state index contributed by atoms with van der Waals surface area (Å²) in [6, 6.07) is 16.1. The van der Waals surface area contributed by atoms with Crippen LogP contribution in [-0.4, -0.2) is 28.2 Å². The number of rotatable bonds is 6. The van der Waals surface area contributed by atoms with Gasteiger partial charge in [0.1, 0.15) is 16.5 Å². The van der Waals surface area contributed by atoms with E-state index >= 15 is 0 Å². The highest BCUT2D eigenvalue weighted by Gasteiger charge is 2.17. The van der Waals surface area contributed by atoms with Crippen LogP contribution in [-0.2, 0) is 10.0 Å². The molecule has 0 atom stereocenters. The second-order valence-corrected chi connectivity index (χ2v) is 8.29. The monoisotopic (exact) mass is 441 g/mol. The molecule has 2 heterocycles. The van der Waals surface area contributed by atoms with Gasteiger partial charge in [0.15, 0.2) is 5.82 Å². The van der Waals surface area contributed by atoms with E-state index in [-0.39, 0.29) is 9.92 Å². The number of nitrogens with one attached hydrogen (secondary N) is 1. The van der Waals surface area contributed by atoms with Crippen molar-refractivity contribution >= 4 is 27.3 Å². The van der Waals surface area contributed by atoms with E-state index in [9.17, 15) is 8.42 Å². The summed E-state index contributed by atoms with van der Waals surface area (Å²) < 4.78 is 35.0. The maximum absolute atomic E-state index is 12.5. The van der Waals surface area contributed by atoms with Gasteiger partial charge in [0.05, 0.1) is 5.02 Å². The largest absolute Gasteiger partial charge is 0.438 e. The lowest BCUT2D eigenvalue weighted by molar-refractivity contribution is 0.454. The molecule has 10 heteroatoms. The quantitative estimate of drug-likeness (QED) is 0.481. The normalized spacial score (nSPS) is 11.3. The van der Waals surface area contributed by atoms with Crippen molar-refractivity contribution in [3.05, 3.63) is 83.9 Å². The van der Waals surface area contributed by atoms with Gasteiger partial charge in [-0.1, -0.05) is 23.7 Å². The summed E-state index contributed by atoms with van der Waals surface area (Å²) in [5, 5.41) is 8.34. The van der Waals surface area contributed by atoms with E-state index in [1.807, 2.05) is 6.92 Å². The second kappa shape index (κ2) is 8.13. The minimum atomic E-state index is -3.80. The van der Waals surface area contributed by atoms with Crippen LogP contribution in [0.5, 0.6) is 11.6 Å². The molecular weight excluding hydrogens is 426 g/mol. The van der Waals surface area contributed by atoms with Crippen LogP contribution < -0.4 is 9.46 Å². The van der Waals surface area contributed by atoms with Gasteiger partial charge < -0.3 is 4.74 Å². The number of hydrogen-bond donors (Lipinski definition) is 1. The van der Waals surface area contributed by atoms with E-state index in [0.29, 0.717) is 23.1 Å². The Morgan fingerprint density at radius 1 is 1.00 bits per heavy atom. The van der Waals surface area contributed by atoms with Crippen LogP contribution in [0.25, 0.3) is 5.82 Å². The zero-order valence-electron chi connectivity index (χ0n) is 15.7. The summed E-state index contributed by atoms with van der Waals surface area (Å²) in [4.78, 5) is 4.16. The zero-order valence-corrected chi connectivity index (χ0v) is 17.3. The summed E-state index contributed by atoms with van der Waals surface area (Å²) in [7, 11) is -3.80. The summed E-state index contributed by atoms with van der Waals surface area (Å²) in [6.07, 6.45) is 3.48. The molecule has 4 rings (SSSR count). The molecule has 0 aliphatic rings. The lowest BCUT2D eigenvalue weighted by Gasteiger charge is -2.10. The second-order valence-electron chi connectivity index (χ2n) is 6.24. The maximum atomic E-state index is 12.5. The fraction of sp³-hybridized carbons (Fsp3) is 0.0500. The molecule has 0 bridgehead atoms. The molecule has 152 valence electrons. The molecule has 0 fully saturated rings. The fourth-order valence-electron chi connectivity index (χ4n) is 2.70. The van der Waals surface area contributed by atoms with Crippen LogP contribution in [0, 0.1) is 6.92 Å². The Hall–Kier alpha value is -3.43. The smallest absolute Gasteiger partial charge is 0.263 e. The highest BCUT2D eigenvalue weighted by Crippen LogP contribution is 2.25. The van der Waals surface area contributed by atoms with Gasteiger partial charge in [-0.15, -0.1) is 10.2 Å². The highest BCUT2D eigenvalue weighted by molar-refractivity contribution is 7.92. The highest BCUT2D eigenvalue weighted by atomic mass is 35.5. The van der Waals surface area contributed by atoms with Crippen molar-refractivity contribution in [3.8, 4) is 17.4 Å².